The first-order chi connectivity index (χ1) is 19.7. The van der Waals surface area contributed by atoms with Gasteiger partial charge in [-0.25, -0.2) is 15.0 Å². The second-order valence-electron chi connectivity index (χ2n) is 11.0. The molecule has 3 heterocycles. The van der Waals surface area contributed by atoms with E-state index in [4.69, 9.17) is 15.5 Å². The van der Waals surface area contributed by atoms with Crippen molar-refractivity contribution in [2.24, 2.45) is 5.73 Å². The molecule has 5 rings (SSSR count). The zero-order valence-corrected chi connectivity index (χ0v) is 24.1. The minimum Gasteiger partial charge on any atom is -0.383 e. The van der Waals surface area contributed by atoms with Crippen LogP contribution in [0.3, 0.4) is 0 Å². The Morgan fingerprint density at radius 1 is 1.05 bits per heavy atom. The second-order valence-corrected chi connectivity index (χ2v) is 11.0. The molecule has 0 spiro atoms. The highest BCUT2D eigenvalue weighted by Crippen LogP contribution is 2.28. The summed E-state index contributed by atoms with van der Waals surface area (Å²) >= 11 is 0. The lowest BCUT2D eigenvalue weighted by molar-refractivity contribution is 0.102. The number of pyridine rings is 1. The number of nitrogens with two attached hydrogens (primary N) is 1. The third-order valence-electron chi connectivity index (χ3n) is 7.39. The Balaban J connectivity index is 1.34. The molecule has 10 nitrogen and oxygen atoms in total. The van der Waals surface area contributed by atoms with Crippen LogP contribution in [0.4, 0.5) is 23.0 Å². The van der Waals surface area contributed by atoms with Gasteiger partial charge in [0.25, 0.3) is 5.91 Å². The molecule has 0 aliphatic carbocycles. The predicted octanol–water partition coefficient (Wildman–Crippen LogP) is 4.29. The summed E-state index contributed by atoms with van der Waals surface area (Å²) in [4.78, 5) is 31.7. The second kappa shape index (κ2) is 12.2. The standard InChI is InChI=1S/C31H38N8O2/c1-21-8-9-24(35-30(40)22-6-5-7-23(18-22)31(2,3)32)19-26(21)36-29-28-25(33-20-34-29)10-11-27(37-28)39-14-12-38(13-15-39)16-17-41-4/h5-11,18-20H,12-17,32H2,1-4H3,(H,35,40)(H,33,34,36). The highest BCUT2D eigenvalue weighted by atomic mass is 16.5. The molecule has 1 amide bonds. The summed E-state index contributed by atoms with van der Waals surface area (Å²) in [5, 5.41) is 6.45. The maximum Gasteiger partial charge on any atom is 0.255 e. The van der Waals surface area contributed by atoms with E-state index in [2.05, 4.69) is 30.4 Å². The smallest absolute Gasteiger partial charge is 0.255 e. The Morgan fingerprint density at radius 2 is 1.85 bits per heavy atom. The van der Waals surface area contributed by atoms with Gasteiger partial charge in [0.15, 0.2) is 5.82 Å². The van der Waals surface area contributed by atoms with Gasteiger partial charge in [-0.2, -0.15) is 0 Å². The monoisotopic (exact) mass is 554 g/mol. The summed E-state index contributed by atoms with van der Waals surface area (Å²) in [6.45, 7) is 11.2. The van der Waals surface area contributed by atoms with Gasteiger partial charge in [0.2, 0.25) is 0 Å². The summed E-state index contributed by atoms with van der Waals surface area (Å²) in [5.41, 5.74) is 11.1. The van der Waals surface area contributed by atoms with Gasteiger partial charge in [-0.15, -0.1) is 0 Å². The van der Waals surface area contributed by atoms with Crippen molar-refractivity contribution in [3.05, 3.63) is 77.6 Å². The largest absolute Gasteiger partial charge is 0.383 e. The Bertz CT molecular complexity index is 1530. The summed E-state index contributed by atoms with van der Waals surface area (Å²) in [5.74, 6) is 1.31. The van der Waals surface area contributed by atoms with E-state index in [9.17, 15) is 4.79 Å². The Kier molecular flexibility index (Phi) is 8.44. The number of methoxy groups -OCH3 is 1. The van der Waals surface area contributed by atoms with Crippen LogP contribution in [0.2, 0.25) is 0 Å². The zero-order valence-electron chi connectivity index (χ0n) is 24.1. The van der Waals surface area contributed by atoms with Crippen molar-refractivity contribution >= 4 is 40.0 Å². The van der Waals surface area contributed by atoms with Crippen molar-refractivity contribution in [3.8, 4) is 0 Å². The van der Waals surface area contributed by atoms with Crippen LogP contribution in [0.15, 0.2) is 60.9 Å². The van der Waals surface area contributed by atoms with Crippen LogP contribution < -0.4 is 21.3 Å². The molecule has 1 saturated heterocycles. The molecule has 0 radical (unpaired) electrons. The number of hydrogen-bond donors (Lipinski definition) is 3. The highest BCUT2D eigenvalue weighted by molar-refractivity contribution is 6.04. The fourth-order valence-electron chi connectivity index (χ4n) is 4.84. The number of aryl methyl sites for hydroxylation is 1. The fraction of sp³-hybridized carbons (Fsp3) is 0.355. The molecule has 0 bridgehead atoms. The first-order valence-electron chi connectivity index (χ1n) is 13.9. The van der Waals surface area contributed by atoms with Crippen LogP contribution in [-0.2, 0) is 10.3 Å². The van der Waals surface area contributed by atoms with Gasteiger partial charge in [0, 0.05) is 62.3 Å². The quantitative estimate of drug-likeness (QED) is 0.278. The van der Waals surface area contributed by atoms with E-state index in [0.29, 0.717) is 22.6 Å². The number of amides is 1. The Hall–Kier alpha value is -4.12. The number of fused-ring (bicyclic) bond motifs is 1. The first-order valence-corrected chi connectivity index (χ1v) is 13.9. The molecule has 1 fully saturated rings. The molecule has 1 aliphatic heterocycles. The Labute approximate surface area is 240 Å². The minimum atomic E-state index is -0.538. The number of carbonyl (C=O) groups excluding carboxylic acids is 1. The maximum absolute atomic E-state index is 13.1. The summed E-state index contributed by atoms with van der Waals surface area (Å²) in [6, 6.07) is 17.2. The third-order valence-corrected chi connectivity index (χ3v) is 7.39. The third kappa shape index (κ3) is 6.79. The van der Waals surface area contributed by atoms with E-state index in [1.54, 1.807) is 13.2 Å². The number of aromatic nitrogens is 3. The van der Waals surface area contributed by atoms with Crippen LogP contribution in [0.1, 0.15) is 35.3 Å². The lowest BCUT2D eigenvalue weighted by Crippen LogP contribution is -2.47. The number of nitrogens with one attached hydrogen (secondary N) is 2. The van der Waals surface area contributed by atoms with Crippen LogP contribution in [0.5, 0.6) is 0 Å². The molecule has 214 valence electrons. The molecular formula is C31H38N8O2. The summed E-state index contributed by atoms with van der Waals surface area (Å²) < 4.78 is 5.22. The highest BCUT2D eigenvalue weighted by Gasteiger charge is 2.20. The molecule has 0 atom stereocenters. The number of nitrogens with zero attached hydrogens (tertiary/aromatic N) is 5. The van der Waals surface area contributed by atoms with Gasteiger partial charge in [-0.1, -0.05) is 18.2 Å². The topological polar surface area (TPSA) is 122 Å². The van der Waals surface area contributed by atoms with Crippen LogP contribution in [0.25, 0.3) is 11.0 Å². The van der Waals surface area contributed by atoms with E-state index in [-0.39, 0.29) is 5.91 Å². The summed E-state index contributed by atoms with van der Waals surface area (Å²) in [7, 11) is 1.74. The molecule has 1 aliphatic rings. The number of piperazine rings is 1. The fourth-order valence-corrected chi connectivity index (χ4v) is 4.84. The van der Waals surface area contributed by atoms with Crippen molar-refractivity contribution in [1.29, 1.82) is 0 Å². The van der Waals surface area contributed by atoms with Crippen molar-refractivity contribution in [2.75, 3.05) is 62.0 Å². The molecule has 0 unspecified atom stereocenters. The van der Waals surface area contributed by atoms with Gasteiger partial charge in [-0.05, 0) is 68.3 Å². The first kappa shape index (κ1) is 28.4. The average Bonchev–Trinajstić information content (AvgIpc) is 2.97. The Morgan fingerprint density at radius 3 is 2.61 bits per heavy atom. The van der Waals surface area contributed by atoms with Gasteiger partial charge < -0.3 is 26.0 Å². The van der Waals surface area contributed by atoms with Crippen molar-refractivity contribution in [2.45, 2.75) is 26.3 Å². The van der Waals surface area contributed by atoms with Crippen LogP contribution >= 0.6 is 0 Å². The number of ether oxygens (including phenoxy) is 1. The van der Waals surface area contributed by atoms with Gasteiger partial charge in [0.1, 0.15) is 17.7 Å². The number of carbonyl (C=O) groups is 1. The SMILES string of the molecule is COCCN1CCN(c2ccc3ncnc(Nc4cc(NC(=O)c5cccc(C(C)(C)N)c5)ccc4C)c3n2)CC1. The van der Waals surface area contributed by atoms with Gasteiger partial charge in [-0.3, -0.25) is 9.69 Å². The van der Waals surface area contributed by atoms with Crippen molar-refractivity contribution in [3.63, 3.8) is 0 Å². The number of anilines is 4. The minimum absolute atomic E-state index is 0.202. The van der Waals surface area contributed by atoms with Crippen LogP contribution in [-0.4, -0.2) is 72.2 Å². The summed E-state index contributed by atoms with van der Waals surface area (Å²) in [6.07, 6.45) is 1.54. The van der Waals surface area contributed by atoms with Crippen molar-refractivity contribution in [1.82, 2.24) is 19.9 Å². The van der Waals surface area contributed by atoms with E-state index in [1.165, 1.54) is 6.33 Å². The lowest BCUT2D eigenvalue weighted by Gasteiger charge is -2.35. The van der Waals surface area contributed by atoms with E-state index < -0.39 is 5.54 Å². The van der Waals surface area contributed by atoms with E-state index >= 15 is 0 Å². The van der Waals surface area contributed by atoms with E-state index in [1.807, 2.05) is 69.3 Å². The molecule has 10 heteroatoms. The van der Waals surface area contributed by atoms with Gasteiger partial charge in [0.05, 0.1) is 12.1 Å². The molecule has 2 aromatic carbocycles. The lowest BCUT2D eigenvalue weighted by atomic mass is 9.94. The molecule has 41 heavy (non-hydrogen) atoms. The average molecular weight is 555 g/mol. The molecular weight excluding hydrogens is 516 g/mol. The zero-order chi connectivity index (χ0) is 29.0. The van der Waals surface area contributed by atoms with Crippen LogP contribution in [0, 0.1) is 6.92 Å². The van der Waals surface area contributed by atoms with Crippen molar-refractivity contribution < 1.29 is 9.53 Å². The molecule has 4 aromatic rings. The van der Waals surface area contributed by atoms with E-state index in [0.717, 1.165) is 67.5 Å². The molecule has 2 aromatic heterocycles. The number of benzene rings is 2. The van der Waals surface area contributed by atoms with Gasteiger partial charge >= 0.3 is 0 Å². The predicted molar refractivity (Wildman–Crippen MR) is 164 cm³/mol. The maximum atomic E-state index is 13.1. The molecule has 4 N–H and O–H groups in total. The number of rotatable bonds is 9. The molecule has 0 saturated carbocycles. The normalized spacial score (nSPS) is 14.3. The number of hydrogen-bond acceptors (Lipinski definition) is 9.